The summed E-state index contributed by atoms with van der Waals surface area (Å²) in [6, 6.07) is 27.9. The van der Waals surface area contributed by atoms with E-state index in [1.807, 2.05) is 36.4 Å². The highest BCUT2D eigenvalue weighted by atomic mass is 16.5. The molecule has 42 heavy (non-hydrogen) atoms. The highest BCUT2D eigenvalue weighted by Gasteiger charge is 2.36. The predicted molar refractivity (Wildman–Crippen MR) is 162 cm³/mol. The first kappa shape index (κ1) is 27.8. The van der Waals surface area contributed by atoms with Crippen LogP contribution in [0.2, 0.25) is 0 Å². The molecule has 1 fully saturated rings. The lowest BCUT2D eigenvalue weighted by Crippen LogP contribution is -2.43. The molecule has 6 nitrogen and oxygen atoms in total. The number of carbonyl (C=O) groups excluding carboxylic acids is 2. The molecule has 0 bridgehead atoms. The number of furan rings is 1. The zero-order valence-electron chi connectivity index (χ0n) is 24.4. The predicted octanol–water partition coefficient (Wildman–Crippen LogP) is 7.10. The zero-order valence-corrected chi connectivity index (χ0v) is 24.4. The summed E-state index contributed by atoms with van der Waals surface area (Å²) in [5, 5.41) is 0. The second-order valence-electron chi connectivity index (χ2n) is 11.6. The van der Waals surface area contributed by atoms with Gasteiger partial charge in [-0.2, -0.15) is 0 Å². The van der Waals surface area contributed by atoms with Gasteiger partial charge in [0, 0.05) is 26.1 Å². The van der Waals surface area contributed by atoms with Crippen LogP contribution >= 0.6 is 0 Å². The Morgan fingerprint density at radius 2 is 1.76 bits per heavy atom. The molecule has 2 amide bonds. The fourth-order valence-corrected chi connectivity index (χ4v) is 6.37. The lowest BCUT2D eigenvalue weighted by Gasteiger charge is -2.39. The average Bonchev–Trinajstić information content (AvgIpc) is 3.72. The molecule has 0 spiro atoms. The van der Waals surface area contributed by atoms with Gasteiger partial charge in [-0.3, -0.25) is 9.59 Å². The average molecular weight is 563 g/mol. The summed E-state index contributed by atoms with van der Waals surface area (Å²) in [7, 11) is 1.77. The maximum Gasteiger partial charge on any atom is 0.289 e. The van der Waals surface area contributed by atoms with Gasteiger partial charge in [-0.1, -0.05) is 79.1 Å². The SMILES string of the molecule is Cc1cccc([C@H]2c3cc(OCc4ccc(C(=O)N(C)Cc5ccccc5)o4)ccc3CCN2C(=O)C2CCCC2)c1. The minimum absolute atomic E-state index is 0.126. The van der Waals surface area contributed by atoms with Gasteiger partial charge in [0.15, 0.2) is 5.76 Å². The number of fused-ring (bicyclic) bond motifs is 1. The molecule has 6 rings (SSSR count). The molecular formula is C36H38N2O4. The molecule has 1 aromatic heterocycles. The summed E-state index contributed by atoms with van der Waals surface area (Å²) >= 11 is 0. The van der Waals surface area contributed by atoms with Gasteiger partial charge in [0.1, 0.15) is 18.1 Å². The van der Waals surface area contributed by atoms with E-state index in [0.29, 0.717) is 18.1 Å². The first-order chi connectivity index (χ1) is 20.5. The van der Waals surface area contributed by atoms with Crippen LogP contribution in [-0.2, 0) is 24.4 Å². The number of rotatable bonds is 8. The standard InChI is InChI=1S/C36H38N2O4/c1-25-9-8-14-29(21-25)34-32-22-30(16-15-27(32)19-20-38(34)35(39)28-12-6-7-13-28)41-24-31-17-18-33(42-31)36(40)37(2)23-26-10-4-3-5-11-26/h3-5,8-11,14-18,21-22,28,34H,6-7,12-13,19-20,23-24H2,1-2H3/t34-/m0/s1. The lowest BCUT2D eigenvalue weighted by atomic mass is 9.86. The Balaban J connectivity index is 1.19. The van der Waals surface area contributed by atoms with E-state index >= 15 is 0 Å². The number of amides is 2. The summed E-state index contributed by atoms with van der Waals surface area (Å²) in [5.41, 5.74) is 5.74. The highest BCUT2D eigenvalue weighted by molar-refractivity contribution is 5.91. The van der Waals surface area contributed by atoms with E-state index in [0.717, 1.165) is 55.3 Å². The van der Waals surface area contributed by atoms with Crippen molar-refractivity contribution in [2.75, 3.05) is 13.6 Å². The molecule has 1 aliphatic heterocycles. The normalized spacial score (nSPS) is 16.7. The Hall–Kier alpha value is -4.32. The van der Waals surface area contributed by atoms with Crippen molar-refractivity contribution in [2.24, 2.45) is 5.92 Å². The van der Waals surface area contributed by atoms with E-state index in [1.165, 1.54) is 11.1 Å². The van der Waals surface area contributed by atoms with Crippen LogP contribution in [0.25, 0.3) is 0 Å². The Kier molecular flexibility index (Phi) is 8.13. The smallest absolute Gasteiger partial charge is 0.289 e. The number of hydrogen-bond acceptors (Lipinski definition) is 4. The van der Waals surface area contributed by atoms with Crippen LogP contribution < -0.4 is 4.74 Å². The van der Waals surface area contributed by atoms with Gasteiger partial charge in [-0.15, -0.1) is 0 Å². The van der Waals surface area contributed by atoms with Crippen molar-refractivity contribution in [3.8, 4) is 5.75 Å². The number of ether oxygens (including phenoxy) is 1. The largest absolute Gasteiger partial charge is 0.486 e. The van der Waals surface area contributed by atoms with E-state index in [1.54, 1.807) is 24.1 Å². The van der Waals surface area contributed by atoms with Crippen molar-refractivity contribution in [3.05, 3.63) is 124 Å². The molecule has 0 N–H and O–H groups in total. The molecule has 0 radical (unpaired) electrons. The number of hydrogen-bond donors (Lipinski definition) is 0. The van der Waals surface area contributed by atoms with Crippen LogP contribution in [0.3, 0.4) is 0 Å². The third kappa shape index (κ3) is 5.98. The highest BCUT2D eigenvalue weighted by Crippen LogP contribution is 2.40. The van der Waals surface area contributed by atoms with Gasteiger partial charge in [0.25, 0.3) is 5.91 Å². The second kappa shape index (κ2) is 12.3. The Morgan fingerprint density at radius 3 is 2.55 bits per heavy atom. The summed E-state index contributed by atoms with van der Waals surface area (Å²) < 4.78 is 12.1. The first-order valence-corrected chi connectivity index (χ1v) is 15.0. The number of carbonyl (C=O) groups is 2. The summed E-state index contributed by atoms with van der Waals surface area (Å²) in [6.45, 7) is 3.53. The molecular weight excluding hydrogens is 524 g/mol. The molecule has 4 aromatic rings. The lowest BCUT2D eigenvalue weighted by molar-refractivity contribution is -0.137. The molecule has 6 heteroatoms. The Bertz CT molecular complexity index is 1550. The Morgan fingerprint density at radius 1 is 0.952 bits per heavy atom. The molecule has 2 aliphatic rings. The van der Waals surface area contributed by atoms with Gasteiger partial charge >= 0.3 is 0 Å². The quantitative estimate of drug-likeness (QED) is 0.230. The van der Waals surface area contributed by atoms with Crippen LogP contribution in [0.15, 0.2) is 89.3 Å². The molecule has 1 aliphatic carbocycles. The van der Waals surface area contributed by atoms with Crippen LogP contribution in [0.5, 0.6) is 5.75 Å². The fourth-order valence-electron chi connectivity index (χ4n) is 6.37. The van der Waals surface area contributed by atoms with E-state index in [-0.39, 0.29) is 36.1 Å². The van der Waals surface area contributed by atoms with Crippen LogP contribution in [-0.4, -0.2) is 35.2 Å². The fraction of sp³-hybridized carbons (Fsp3) is 0.333. The van der Waals surface area contributed by atoms with Gasteiger partial charge in [-0.05, 0) is 72.7 Å². The molecule has 0 saturated heterocycles. The maximum atomic E-state index is 13.7. The van der Waals surface area contributed by atoms with Crippen molar-refractivity contribution >= 4 is 11.8 Å². The van der Waals surface area contributed by atoms with E-state index in [2.05, 4.69) is 48.2 Å². The Labute approximate surface area is 247 Å². The monoisotopic (exact) mass is 562 g/mol. The third-order valence-electron chi connectivity index (χ3n) is 8.55. The van der Waals surface area contributed by atoms with Gasteiger partial charge < -0.3 is 19.0 Å². The van der Waals surface area contributed by atoms with Crippen molar-refractivity contribution in [1.82, 2.24) is 9.80 Å². The van der Waals surface area contributed by atoms with Gasteiger partial charge in [0.05, 0.1) is 6.04 Å². The van der Waals surface area contributed by atoms with Crippen LogP contribution in [0.4, 0.5) is 0 Å². The topological polar surface area (TPSA) is 63.0 Å². The zero-order chi connectivity index (χ0) is 29.1. The molecule has 216 valence electrons. The van der Waals surface area contributed by atoms with Crippen molar-refractivity contribution in [2.45, 2.75) is 58.2 Å². The van der Waals surface area contributed by atoms with Crippen molar-refractivity contribution in [3.63, 3.8) is 0 Å². The number of benzene rings is 3. The van der Waals surface area contributed by atoms with Gasteiger partial charge in [-0.25, -0.2) is 0 Å². The van der Waals surface area contributed by atoms with Gasteiger partial charge in [0.2, 0.25) is 5.91 Å². The molecule has 0 unspecified atom stereocenters. The minimum Gasteiger partial charge on any atom is -0.486 e. The molecule has 1 atom stereocenters. The minimum atomic E-state index is -0.174. The van der Waals surface area contributed by atoms with Crippen molar-refractivity contribution < 1.29 is 18.7 Å². The van der Waals surface area contributed by atoms with E-state index in [9.17, 15) is 9.59 Å². The maximum absolute atomic E-state index is 13.7. The van der Waals surface area contributed by atoms with E-state index in [4.69, 9.17) is 9.15 Å². The summed E-state index contributed by atoms with van der Waals surface area (Å²) in [4.78, 5) is 30.4. The molecule has 1 saturated carbocycles. The van der Waals surface area contributed by atoms with Crippen LogP contribution in [0.1, 0.15) is 75.9 Å². The third-order valence-corrected chi connectivity index (χ3v) is 8.55. The summed E-state index contributed by atoms with van der Waals surface area (Å²) in [6.07, 6.45) is 5.08. The number of aryl methyl sites for hydroxylation is 1. The summed E-state index contributed by atoms with van der Waals surface area (Å²) in [5.74, 6) is 1.82. The van der Waals surface area contributed by atoms with Crippen LogP contribution in [0, 0.1) is 12.8 Å². The molecule has 2 heterocycles. The molecule has 3 aromatic carbocycles. The number of nitrogens with zero attached hydrogens (tertiary/aromatic N) is 2. The van der Waals surface area contributed by atoms with E-state index < -0.39 is 0 Å². The second-order valence-corrected chi connectivity index (χ2v) is 11.6. The first-order valence-electron chi connectivity index (χ1n) is 15.0. The van der Waals surface area contributed by atoms with Crippen molar-refractivity contribution in [1.29, 1.82) is 0 Å².